The molecule has 0 radical (unpaired) electrons. The second-order valence-corrected chi connectivity index (χ2v) is 7.42. The highest BCUT2D eigenvalue weighted by Crippen LogP contribution is 2.21. The van der Waals surface area contributed by atoms with E-state index >= 15 is 0 Å². The van der Waals surface area contributed by atoms with Crippen LogP contribution < -0.4 is 10.2 Å². The topological polar surface area (TPSA) is 79.4 Å². The van der Waals surface area contributed by atoms with Gasteiger partial charge in [-0.3, -0.25) is 9.89 Å². The van der Waals surface area contributed by atoms with Crippen molar-refractivity contribution >= 4 is 12.1 Å². The fourth-order valence-electron chi connectivity index (χ4n) is 3.15. The molecular weight excluding hydrogens is 388 g/mol. The SMILES string of the molecule is CCCCCCCCOc1ccc(-c2cc(C(=O)NN=Cc3ccccc3)[nH]n2)cc1. The van der Waals surface area contributed by atoms with Crippen LogP contribution in [0.2, 0.25) is 0 Å². The number of H-pyrrole nitrogens is 1. The van der Waals surface area contributed by atoms with Gasteiger partial charge in [0.05, 0.1) is 18.5 Å². The van der Waals surface area contributed by atoms with Gasteiger partial charge in [0.2, 0.25) is 0 Å². The third-order valence-corrected chi connectivity index (χ3v) is 4.92. The summed E-state index contributed by atoms with van der Waals surface area (Å²) in [6.07, 6.45) is 9.07. The Morgan fingerprint density at radius 1 is 1.03 bits per heavy atom. The molecule has 162 valence electrons. The summed E-state index contributed by atoms with van der Waals surface area (Å²) in [5, 5.41) is 11.0. The van der Waals surface area contributed by atoms with E-state index in [1.54, 1.807) is 12.3 Å². The number of carbonyl (C=O) groups excluding carboxylic acids is 1. The van der Waals surface area contributed by atoms with Gasteiger partial charge >= 0.3 is 0 Å². The highest BCUT2D eigenvalue weighted by molar-refractivity contribution is 5.94. The van der Waals surface area contributed by atoms with Gasteiger partial charge in [-0.25, -0.2) is 5.43 Å². The van der Waals surface area contributed by atoms with Crippen LogP contribution in [0, 0.1) is 0 Å². The summed E-state index contributed by atoms with van der Waals surface area (Å²) in [6.45, 7) is 2.97. The van der Waals surface area contributed by atoms with Gasteiger partial charge in [-0.05, 0) is 42.3 Å². The number of aromatic nitrogens is 2. The first kappa shape index (κ1) is 22.3. The number of unbranched alkanes of at least 4 members (excludes halogenated alkanes) is 5. The molecule has 0 aliphatic rings. The predicted molar refractivity (Wildman–Crippen MR) is 124 cm³/mol. The molecule has 0 saturated heterocycles. The van der Waals surface area contributed by atoms with Crippen LogP contribution in [0.3, 0.4) is 0 Å². The van der Waals surface area contributed by atoms with Gasteiger partial charge in [-0.2, -0.15) is 10.2 Å². The van der Waals surface area contributed by atoms with Gasteiger partial charge in [-0.15, -0.1) is 0 Å². The van der Waals surface area contributed by atoms with Crippen molar-refractivity contribution in [1.29, 1.82) is 0 Å². The van der Waals surface area contributed by atoms with Gasteiger partial charge < -0.3 is 4.74 Å². The molecule has 0 saturated carbocycles. The van der Waals surface area contributed by atoms with E-state index in [0.29, 0.717) is 11.4 Å². The third kappa shape index (κ3) is 7.41. The summed E-state index contributed by atoms with van der Waals surface area (Å²) in [4.78, 5) is 12.2. The first-order chi connectivity index (χ1) is 15.3. The molecule has 31 heavy (non-hydrogen) atoms. The second-order valence-electron chi connectivity index (χ2n) is 7.42. The number of hydrazone groups is 1. The van der Waals surface area contributed by atoms with Gasteiger partial charge in [0.25, 0.3) is 5.91 Å². The van der Waals surface area contributed by atoms with Crippen molar-refractivity contribution in [3.8, 4) is 17.0 Å². The molecule has 0 bridgehead atoms. The Bertz CT molecular complexity index is 949. The second kappa shape index (κ2) is 12.3. The van der Waals surface area contributed by atoms with Gasteiger partial charge in [0, 0.05) is 5.56 Å². The van der Waals surface area contributed by atoms with Crippen molar-refractivity contribution < 1.29 is 9.53 Å². The number of hydrogen-bond acceptors (Lipinski definition) is 4. The minimum Gasteiger partial charge on any atom is -0.494 e. The zero-order chi connectivity index (χ0) is 21.7. The maximum atomic E-state index is 12.2. The number of aromatic amines is 1. The van der Waals surface area contributed by atoms with Crippen molar-refractivity contribution in [1.82, 2.24) is 15.6 Å². The first-order valence-corrected chi connectivity index (χ1v) is 10.9. The highest BCUT2D eigenvalue weighted by Gasteiger charge is 2.10. The monoisotopic (exact) mass is 418 g/mol. The minimum absolute atomic E-state index is 0.343. The number of rotatable bonds is 12. The molecule has 0 aliphatic carbocycles. The molecule has 3 rings (SSSR count). The summed E-state index contributed by atoms with van der Waals surface area (Å²) in [5.74, 6) is 0.505. The molecule has 0 spiro atoms. The lowest BCUT2D eigenvalue weighted by Crippen LogP contribution is -2.17. The largest absolute Gasteiger partial charge is 0.494 e. The first-order valence-electron chi connectivity index (χ1n) is 10.9. The van der Waals surface area contributed by atoms with E-state index in [2.05, 4.69) is 27.6 Å². The van der Waals surface area contributed by atoms with E-state index in [0.717, 1.165) is 29.9 Å². The Morgan fingerprint density at radius 3 is 2.55 bits per heavy atom. The van der Waals surface area contributed by atoms with Crippen LogP contribution >= 0.6 is 0 Å². The fraction of sp³-hybridized carbons (Fsp3) is 0.320. The van der Waals surface area contributed by atoms with Crippen LogP contribution in [-0.2, 0) is 0 Å². The van der Waals surface area contributed by atoms with Crippen molar-refractivity contribution in [2.75, 3.05) is 6.61 Å². The number of ether oxygens (including phenoxy) is 1. The maximum Gasteiger partial charge on any atom is 0.289 e. The van der Waals surface area contributed by atoms with Crippen LogP contribution in [0.25, 0.3) is 11.3 Å². The molecule has 2 N–H and O–H groups in total. The molecule has 6 heteroatoms. The Hall–Kier alpha value is -3.41. The van der Waals surface area contributed by atoms with E-state index in [1.165, 1.54) is 32.1 Å². The third-order valence-electron chi connectivity index (χ3n) is 4.92. The zero-order valence-corrected chi connectivity index (χ0v) is 18.0. The van der Waals surface area contributed by atoms with E-state index in [9.17, 15) is 4.79 Å². The van der Waals surface area contributed by atoms with Gasteiger partial charge in [0.15, 0.2) is 0 Å². The summed E-state index contributed by atoms with van der Waals surface area (Å²) in [6, 6.07) is 19.0. The molecule has 1 heterocycles. The maximum absolute atomic E-state index is 12.2. The van der Waals surface area contributed by atoms with E-state index in [-0.39, 0.29) is 5.91 Å². The number of carbonyl (C=O) groups is 1. The van der Waals surface area contributed by atoms with Gasteiger partial charge in [-0.1, -0.05) is 69.4 Å². The number of nitrogens with one attached hydrogen (secondary N) is 2. The smallest absolute Gasteiger partial charge is 0.289 e. The number of nitrogens with zero attached hydrogens (tertiary/aromatic N) is 2. The Balaban J connectivity index is 1.45. The van der Waals surface area contributed by atoms with Crippen molar-refractivity contribution in [3.63, 3.8) is 0 Å². The van der Waals surface area contributed by atoms with Crippen LogP contribution in [0.5, 0.6) is 5.75 Å². The Kier molecular flexibility index (Phi) is 8.86. The van der Waals surface area contributed by atoms with Crippen molar-refractivity contribution in [3.05, 3.63) is 71.9 Å². The molecule has 0 atom stereocenters. The molecule has 0 fully saturated rings. The number of benzene rings is 2. The molecule has 6 nitrogen and oxygen atoms in total. The summed E-state index contributed by atoms with van der Waals surface area (Å²) in [5.41, 5.74) is 5.37. The van der Waals surface area contributed by atoms with Gasteiger partial charge in [0.1, 0.15) is 11.4 Å². The van der Waals surface area contributed by atoms with E-state index in [4.69, 9.17) is 4.74 Å². The van der Waals surface area contributed by atoms with E-state index < -0.39 is 0 Å². The lowest BCUT2D eigenvalue weighted by Gasteiger charge is -2.06. The summed E-state index contributed by atoms with van der Waals surface area (Å²) < 4.78 is 5.82. The van der Waals surface area contributed by atoms with Crippen molar-refractivity contribution in [2.45, 2.75) is 45.4 Å². The number of amides is 1. The molecule has 1 amide bonds. The van der Waals surface area contributed by atoms with Crippen LogP contribution in [0.1, 0.15) is 61.5 Å². The molecule has 1 aromatic heterocycles. The zero-order valence-electron chi connectivity index (χ0n) is 18.0. The molecule has 2 aromatic carbocycles. The molecular formula is C25H30N4O2. The predicted octanol–water partition coefficient (Wildman–Crippen LogP) is 5.58. The van der Waals surface area contributed by atoms with Crippen LogP contribution in [0.4, 0.5) is 0 Å². The Labute approximate surface area is 183 Å². The standard InChI is InChI=1S/C25H30N4O2/c1-2-3-4-5-6-10-17-31-22-15-13-21(14-16-22)23-18-24(28-27-23)25(30)29-26-19-20-11-8-7-9-12-20/h7-9,11-16,18-19H,2-6,10,17H2,1H3,(H,27,28)(H,29,30). The minimum atomic E-state index is -0.343. The van der Waals surface area contributed by atoms with E-state index in [1.807, 2.05) is 54.6 Å². The average Bonchev–Trinajstić information content (AvgIpc) is 3.30. The van der Waals surface area contributed by atoms with Crippen molar-refractivity contribution in [2.24, 2.45) is 5.10 Å². The van der Waals surface area contributed by atoms with Crippen LogP contribution in [-0.4, -0.2) is 28.9 Å². The lowest BCUT2D eigenvalue weighted by molar-refractivity contribution is 0.0950. The molecule has 3 aromatic rings. The fourth-order valence-corrected chi connectivity index (χ4v) is 3.15. The molecule has 0 unspecified atom stereocenters. The average molecular weight is 419 g/mol. The quantitative estimate of drug-likeness (QED) is 0.229. The lowest BCUT2D eigenvalue weighted by atomic mass is 10.1. The molecule has 0 aliphatic heterocycles. The number of hydrogen-bond donors (Lipinski definition) is 2. The Morgan fingerprint density at radius 2 is 1.77 bits per heavy atom. The normalized spacial score (nSPS) is 11.0. The summed E-state index contributed by atoms with van der Waals surface area (Å²) in [7, 11) is 0. The summed E-state index contributed by atoms with van der Waals surface area (Å²) >= 11 is 0. The highest BCUT2D eigenvalue weighted by atomic mass is 16.5. The van der Waals surface area contributed by atoms with Crippen LogP contribution in [0.15, 0.2) is 65.8 Å².